The maximum atomic E-state index is 6.11. The largest absolute Gasteiger partial charge is 0.493 e. The Kier molecular flexibility index (Phi) is 5.10. The Morgan fingerprint density at radius 3 is 2.29 bits per heavy atom. The van der Waals surface area contributed by atoms with Crippen LogP contribution in [-0.2, 0) is 0 Å². The third kappa shape index (κ3) is 3.31. The van der Waals surface area contributed by atoms with Gasteiger partial charge < -0.3 is 14.8 Å². The molecule has 2 aromatic carbocycles. The highest BCUT2D eigenvalue weighted by atomic mass is 35.5. The molecule has 4 heteroatoms. The van der Waals surface area contributed by atoms with E-state index in [1.54, 1.807) is 14.2 Å². The number of ether oxygens (including phenoxy) is 2. The number of benzene rings is 2. The maximum Gasteiger partial charge on any atom is 0.161 e. The van der Waals surface area contributed by atoms with Gasteiger partial charge in [0, 0.05) is 5.02 Å². The molecule has 1 unspecified atom stereocenters. The summed E-state index contributed by atoms with van der Waals surface area (Å²) in [6.07, 6.45) is 0. The van der Waals surface area contributed by atoms with Crippen LogP contribution in [0.2, 0.25) is 5.02 Å². The number of methoxy groups -OCH3 is 2. The summed E-state index contributed by atoms with van der Waals surface area (Å²) in [6, 6.07) is 11.9. The highest BCUT2D eigenvalue weighted by Gasteiger charge is 2.18. The van der Waals surface area contributed by atoms with Crippen LogP contribution in [0.25, 0.3) is 0 Å². The van der Waals surface area contributed by atoms with Gasteiger partial charge >= 0.3 is 0 Å². The van der Waals surface area contributed by atoms with Crippen LogP contribution in [0.1, 0.15) is 22.7 Å². The van der Waals surface area contributed by atoms with Crippen LogP contribution in [0.15, 0.2) is 36.4 Å². The van der Waals surface area contributed by atoms with Crippen molar-refractivity contribution in [2.24, 2.45) is 0 Å². The first-order chi connectivity index (χ1) is 10.1. The molecule has 0 aliphatic rings. The molecule has 0 amide bonds. The molecular weight excluding hydrogens is 286 g/mol. The summed E-state index contributed by atoms with van der Waals surface area (Å²) in [5, 5.41) is 4.06. The molecule has 0 spiro atoms. The van der Waals surface area contributed by atoms with Crippen LogP contribution < -0.4 is 14.8 Å². The molecule has 0 aromatic heterocycles. The quantitative estimate of drug-likeness (QED) is 0.906. The zero-order valence-electron chi connectivity index (χ0n) is 12.7. The second-order valence-electron chi connectivity index (χ2n) is 4.84. The van der Waals surface area contributed by atoms with E-state index in [2.05, 4.69) is 18.3 Å². The van der Waals surface area contributed by atoms with E-state index in [-0.39, 0.29) is 6.04 Å². The van der Waals surface area contributed by atoms with E-state index >= 15 is 0 Å². The summed E-state index contributed by atoms with van der Waals surface area (Å²) in [4.78, 5) is 0. The first-order valence-electron chi connectivity index (χ1n) is 6.76. The van der Waals surface area contributed by atoms with Gasteiger partial charge in [0.2, 0.25) is 0 Å². The van der Waals surface area contributed by atoms with Crippen LogP contribution in [0.5, 0.6) is 11.5 Å². The topological polar surface area (TPSA) is 30.5 Å². The van der Waals surface area contributed by atoms with E-state index in [0.29, 0.717) is 0 Å². The Morgan fingerprint density at radius 2 is 1.71 bits per heavy atom. The van der Waals surface area contributed by atoms with Gasteiger partial charge in [0.1, 0.15) is 0 Å². The lowest BCUT2D eigenvalue weighted by atomic mass is 9.94. The number of nitrogens with one attached hydrogen (secondary N) is 1. The summed E-state index contributed by atoms with van der Waals surface area (Å²) < 4.78 is 10.8. The van der Waals surface area contributed by atoms with E-state index < -0.39 is 0 Å². The second-order valence-corrected chi connectivity index (χ2v) is 5.28. The van der Waals surface area contributed by atoms with E-state index in [0.717, 1.165) is 33.2 Å². The molecule has 0 saturated heterocycles. The summed E-state index contributed by atoms with van der Waals surface area (Å²) in [6.45, 7) is 2.06. The monoisotopic (exact) mass is 305 g/mol. The van der Waals surface area contributed by atoms with Gasteiger partial charge in [-0.05, 0) is 54.9 Å². The van der Waals surface area contributed by atoms with Crippen molar-refractivity contribution in [2.75, 3.05) is 21.3 Å². The molecule has 0 radical (unpaired) electrons. The molecule has 0 saturated carbocycles. The van der Waals surface area contributed by atoms with E-state index in [1.165, 1.54) is 0 Å². The van der Waals surface area contributed by atoms with Crippen LogP contribution >= 0.6 is 11.6 Å². The van der Waals surface area contributed by atoms with Crippen molar-refractivity contribution in [3.05, 3.63) is 58.1 Å². The smallest absolute Gasteiger partial charge is 0.161 e. The fourth-order valence-corrected chi connectivity index (χ4v) is 2.69. The van der Waals surface area contributed by atoms with Gasteiger partial charge in [-0.2, -0.15) is 0 Å². The number of hydrogen-bond donors (Lipinski definition) is 1. The highest BCUT2D eigenvalue weighted by Crippen LogP contribution is 2.35. The summed E-state index contributed by atoms with van der Waals surface area (Å²) in [5.41, 5.74) is 3.38. The predicted molar refractivity (Wildman–Crippen MR) is 86.6 cm³/mol. The standard InChI is InChI=1S/C17H20ClNO2/c1-11-8-15(20-3)16(21-4)10-14(11)17(19-2)12-6-5-7-13(18)9-12/h5-10,17,19H,1-4H3. The lowest BCUT2D eigenvalue weighted by Crippen LogP contribution is -2.19. The highest BCUT2D eigenvalue weighted by molar-refractivity contribution is 6.30. The van der Waals surface area contributed by atoms with E-state index in [1.807, 2.05) is 37.4 Å². The normalized spacial score (nSPS) is 12.0. The Morgan fingerprint density at radius 1 is 1.05 bits per heavy atom. The summed E-state index contributed by atoms with van der Waals surface area (Å²) in [7, 11) is 5.22. The molecule has 0 fully saturated rings. The molecule has 21 heavy (non-hydrogen) atoms. The van der Waals surface area contributed by atoms with E-state index in [4.69, 9.17) is 21.1 Å². The first-order valence-corrected chi connectivity index (χ1v) is 7.13. The zero-order chi connectivity index (χ0) is 15.4. The molecule has 2 rings (SSSR count). The van der Waals surface area contributed by atoms with Crippen molar-refractivity contribution in [1.82, 2.24) is 5.32 Å². The minimum absolute atomic E-state index is 0.0449. The molecule has 0 heterocycles. The van der Waals surface area contributed by atoms with Gasteiger partial charge in [-0.1, -0.05) is 23.7 Å². The SMILES string of the molecule is CNC(c1cccc(Cl)c1)c1cc(OC)c(OC)cc1C. The van der Waals surface area contributed by atoms with Gasteiger partial charge in [0.25, 0.3) is 0 Å². The lowest BCUT2D eigenvalue weighted by molar-refractivity contribution is 0.354. The van der Waals surface area contributed by atoms with Crippen molar-refractivity contribution >= 4 is 11.6 Å². The van der Waals surface area contributed by atoms with Gasteiger partial charge in [0.15, 0.2) is 11.5 Å². The van der Waals surface area contributed by atoms with Gasteiger partial charge in [0.05, 0.1) is 20.3 Å². The molecule has 2 aromatic rings. The Balaban J connectivity index is 2.52. The second kappa shape index (κ2) is 6.83. The number of aryl methyl sites for hydroxylation is 1. The molecule has 112 valence electrons. The van der Waals surface area contributed by atoms with Crippen molar-refractivity contribution in [1.29, 1.82) is 0 Å². The molecular formula is C17H20ClNO2. The Labute approximate surface area is 130 Å². The predicted octanol–water partition coefficient (Wildman–Crippen LogP) is 3.97. The fraction of sp³-hybridized carbons (Fsp3) is 0.294. The van der Waals surface area contributed by atoms with Gasteiger partial charge in [-0.25, -0.2) is 0 Å². The third-order valence-corrected chi connectivity index (χ3v) is 3.79. The summed E-state index contributed by atoms with van der Waals surface area (Å²) in [5.74, 6) is 1.46. The van der Waals surface area contributed by atoms with Crippen molar-refractivity contribution in [3.8, 4) is 11.5 Å². The Bertz CT molecular complexity index is 628. The van der Waals surface area contributed by atoms with Crippen molar-refractivity contribution < 1.29 is 9.47 Å². The molecule has 1 N–H and O–H groups in total. The van der Waals surface area contributed by atoms with Crippen molar-refractivity contribution in [2.45, 2.75) is 13.0 Å². The zero-order valence-corrected chi connectivity index (χ0v) is 13.5. The third-order valence-electron chi connectivity index (χ3n) is 3.55. The van der Waals surface area contributed by atoms with Gasteiger partial charge in [-0.15, -0.1) is 0 Å². The molecule has 0 aliphatic carbocycles. The molecule has 1 atom stereocenters. The lowest BCUT2D eigenvalue weighted by Gasteiger charge is -2.21. The number of halogens is 1. The fourth-order valence-electron chi connectivity index (χ4n) is 2.50. The summed E-state index contributed by atoms with van der Waals surface area (Å²) >= 11 is 6.11. The number of rotatable bonds is 5. The van der Waals surface area contributed by atoms with Crippen molar-refractivity contribution in [3.63, 3.8) is 0 Å². The maximum absolute atomic E-state index is 6.11. The molecule has 3 nitrogen and oxygen atoms in total. The average molecular weight is 306 g/mol. The van der Waals surface area contributed by atoms with Gasteiger partial charge in [-0.3, -0.25) is 0 Å². The molecule has 0 aliphatic heterocycles. The van der Waals surface area contributed by atoms with Crippen LogP contribution in [-0.4, -0.2) is 21.3 Å². The Hall–Kier alpha value is -1.71. The molecule has 0 bridgehead atoms. The minimum atomic E-state index is 0.0449. The minimum Gasteiger partial charge on any atom is -0.493 e. The number of hydrogen-bond acceptors (Lipinski definition) is 3. The van der Waals surface area contributed by atoms with Crippen LogP contribution in [0.4, 0.5) is 0 Å². The first kappa shape index (κ1) is 15.7. The van der Waals surface area contributed by atoms with E-state index in [9.17, 15) is 0 Å². The van der Waals surface area contributed by atoms with Crippen LogP contribution in [0.3, 0.4) is 0 Å². The average Bonchev–Trinajstić information content (AvgIpc) is 2.49. The van der Waals surface area contributed by atoms with Crippen LogP contribution in [0, 0.1) is 6.92 Å².